The first-order valence-corrected chi connectivity index (χ1v) is 4.38. The van der Waals surface area contributed by atoms with Crippen LogP contribution < -0.4 is 0 Å². The summed E-state index contributed by atoms with van der Waals surface area (Å²) >= 11 is 0. The largest absolute Gasteiger partial charge is 0.394 e. The van der Waals surface area contributed by atoms with Gasteiger partial charge in [-0.25, -0.2) is 0 Å². The third-order valence-corrected chi connectivity index (χ3v) is 2.23. The Hall–Kier alpha value is -0.705. The summed E-state index contributed by atoms with van der Waals surface area (Å²) in [5, 5.41) is 12.3. The number of hydrogen-bond donors (Lipinski definition) is 1. The lowest BCUT2D eigenvalue weighted by Gasteiger charge is -2.12. The third-order valence-electron chi connectivity index (χ3n) is 2.23. The predicted molar refractivity (Wildman–Crippen MR) is 49.3 cm³/mol. The van der Waals surface area contributed by atoms with Gasteiger partial charge in [0.15, 0.2) is 7.28 Å². The van der Waals surface area contributed by atoms with E-state index in [2.05, 4.69) is 16.9 Å². The van der Waals surface area contributed by atoms with Crippen LogP contribution in [0.4, 0.5) is 0 Å². The highest BCUT2D eigenvalue weighted by molar-refractivity contribution is 6.37. The molecule has 1 N–H and O–H groups in total. The molecule has 0 amide bonds. The predicted octanol–water partition coefficient (Wildman–Crippen LogP) is 0.702. The molecule has 3 unspecified atom stereocenters. The maximum atomic E-state index is 8.85. The molecule has 1 heterocycles. The average molecular weight is 182 g/mol. The van der Waals surface area contributed by atoms with Crippen molar-refractivity contribution in [2.24, 2.45) is 11.0 Å². The summed E-state index contributed by atoms with van der Waals surface area (Å²) in [6.45, 7) is 2.13. The average Bonchev–Trinajstić information content (AvgIpc) is 2.48. The molecule has 1 fully saturated rings. The van der Waals surface area contributed by atoms with Crippen LogP contribution in [0.5, 0.6) is 0 Å². The summed E-state index contributed by atoms with van der Waals surface area (Å²) in [5.41, 5.74) is 8.06. The Balaban J connectivity index is 2.30. The van der Waals surface area contributed by atoms with Gasteiger partial charge in [-0.3, -0.25) is 0 Å². The van der Waals surface area contributed by atoms with E-state index >= 15 is 0 Å². The van der Waals surface area contributed by atoms with Crippen LogP contribution in [-0.2, 0) is 4.74 Å². The molecule has 1 aliphatic heterocycles. The van der Waals surface area contributed by atoms with Crippen molar-refractivity contribution in [3.05, 3.63) is 10.4 Å². The van der Waals surface area contributed by atoms with Gasteiger partial charge in [-0.2, -0.15) is 0 Å². The number of nitrogens with zero attached hydrogens (tertiary/aromatic N) is 3. The molecule has 3 atom stereocenters. The smallest absolute Gasteiger partial charge is 0.156 e. The molecular weight excluding hydrogens is 169 g/mol. The van der Waals surface area contributed by atoms with E-state index in [1.165, 1.54) is 0 Å². The van der Waals surface area contributed by atoms with Crippen LogP contribution in [0.2, 0.25) is 0 Å². The Labute approximate surface area is 78.0 Å². The number of aliphatic hydroxyl groups excluding tert-OH is 1. The highest BCUT2D eigenvalue weighted by Crippen LogP contribution is 2.24. The Morgan fingerprint density at radius 2 is 2.54 bits per heavy atom. The van der Waals surface area contributed by atoms with Crippen molar-refractivity contribution in [1.29, 1.82) is 0 Å². The molecule has 1 aliphatic rings. The van der Waals surface area contributed by atoms with E-state index in [4.69, 9.17) is 15.4 Å². The Morgan fingerprint density at radius 3 is 3.08 bits per heavy atom. The second-order valence-electron chi connectivity index (χ2n) is 3.27. The highest BCUT2D eigenvalue weighted by Gasteiger charge is 2.31. The highest BCUT2D eigenvalue weighted by atomic mass is 16.5. The van der Waals surface area contributed by atoms with E-state index in [9.17, 15) is 0 Å². The topological polar surface area (TPSA) is 78.2 Å². The van der Waals surface area contributed by atoms with Gasteiger partial charge in [-0.1, -0.05) is 6.92 Å². The molecule has 1 saturated heterocycles. The minimum atomic E-state index is -0.0534. The Kier molecular flexibility index (Phi) is 4.08. The van der Waals surface area contributed by atoms with Crippen LogP contribution in [0, 0.1) is 5.92 Å². The number of rotatable bonds is 4. The summed E-state index contributed by atoms with van der Waals surface area (Å²) in [6, 6.07) is 0.0163. The molecule has 0 aromatic heterocycles. The second-order valence-corrected chi connectivity index (χ2v) is 3.27. The van der Waals surface area contributed by atoms with Crippen molar-refractivity contribution in [3.8, 4) is 0 Å². The van der Waals surface area contributed by atoms with Crippen molar-refractivity contribution < 1.29 is 9.84 Å². The number of aliphatic hydroxyl groups is 1. The van der Waals surface area contributed by atoms with E-state index in [0.29, 0.717) is 12.4 Å². The van der Waals surface area contributed by atoms with Crippen LogP contribution in [0.15, 0.2) is 5.11 Å². The summed E-state index contributed by atoms with van der Waals surface area (Å²) in [5.74, 6) is 0.394. The Bertz CT molecular complexity index is 208. The van der Waals surface area contributed by atoms with Gasteiger partial charge < -0.3 is 9.84 Å². The molecule has 1 rings (SSSR count). The normalized spacial score (nSPS) is 32.6. The van der Waals surface area contributed by atoms with Crippen LogP contribution in [-0.4, -0.2) is 37.5 Å². The van der Waals surface area contributed by atoms with Crippen LogP contribution >= 0.6 is 0 Å². The van der Waals surface area contributed by atoms with E-state index in [1.54, 1.807) is 0 Å². The van der Waals surface area contributed by atoms with Gasteiger partial charge in [-0.05, 0) is 17.9 Å². The zero-order chi connectivity index (χ0) is 9.68. The van der Waals surface area contributed by atoms with Gasteiger partial charge in [0, 0.05) is 17.4 Å². The standard InChI is InChI=1S/C7H13BN3O2/c1-5-2-6(3-12)13-7(5)8-4-10-11-9/h5-7,12H,2-4H2,1H3. The molecule has 0 bridgehead atoms. The van der Waals surface area contributed by atoms with Crippen molar-refractivity contribution in [2.75, 3.05) is 13.1 Å². The second kappa shape index (κ2) is 5.12. The van der Waals surface area contributed by atoms with Gasteiger partial charge in [0.1, 0.15) is 0 Å². The van der Waals surface area contributed by atoms with Gasteiger partial charge >= 0.3 is 0 Å². The number of azide groups is 1. The first-order chi connectivity index (χ1) is 6.27. The lowest BCUT2D eigenvalue weighted by molar-refractivity contribution is 0.0390. The summed E-state index contributed by atoms with van der Waals surface area (Å²) in [7, 11) is 1.85. The lowest BCUT2D eigenvalue weighted by atomic mass is 9.67. The zero-order valence-corrected chi connectivity index (χ0v) is 7.63. The molecule has 71 valence electrons. The molecular formula is C7H13BN3O2. The zero-order valence-electron chi connectivity index (χ0n) is 7.63. The quantitative estimate of drug-likeness (QED) is 0.300. The van der Waals surface area contributed by atoms with E-state index in [1.807, 2.05) is 7.28 Å². The first kappa shape index (κ1) is 10.4. The number of hydrogen-bond acceptors (Lipinski definition) is 3. The van der Waals surface area contributed by atoms with Crippen LogP contribution in [0.25, 0.3) is 10.4 Å². The molecule has 6 heteroatoms. The van der Waals surface area contributed by atoms with Crippen molar-refractivity contribution in [2.45, 2.75) is 25.5 Å². The van der Waals surface area contributed by atoms with E-state index in [0.717, 1.165) is 6.42 Å². The van der Waals surface area contributed by atoms with Gasteiger partial charge in [0.25, 0.3) is 0 Å². The molecule has 0 aliphatic carbocycles. The summed E-state index contributed by atoms with van der Waals surface area (Å²) < 4.78 is 5.48. The molecule has 1 radical (unpaired) electrons. The van der Waals surface area contributed by atoms with Crippen molar-refractivity contribution in [3.63, 3.8) is 0 Å². The minimum absolute atomic E-state index is 0.0163. The molecule has 0 saturated carbocycles. The molecule has 0 aromatic carbocycles. The monoisotopic (exact) mass is 182 g/mol. The molecule has 13 heavy (non-hydrogen) atoms. The first-order valence-electron chi connectivity index (χ1n) is 4.38. The maximum absolute atomic E-state index is 8.85. The third kappa shape index (κ3) is 2.92. The minimum Gasteiger partial charge on any atom is -0.394 e. The summed E-state index contributed by atoms with van der Waals surface area (Å²) in [4.78, 5) is 2.65. The molecule has 0 spiro atoms. The number of ether oxygens (including phenoxy) is 1. The lowest BCUT2D eigenvalue weighted by Crippen LogP contribution is -2.25. The van der Waals surface area contributed by atoms with E-state index in [-0.39, 0.29) is 18.7 Å². The fourth-order valence-corrected chi connectivity index (χ4v) is 1.55. The van der Waals surface area contributed by atoms with Gasteiger partial charge in [-0.15, -0.1) is 5.11 Å². The Morgan fingerprint density at radius 1 is 1.77 bits per heavy atom. The molecule has 0 aromatic rings. The van der Waals surface area contributed by atoms with Gasteiger partial charge in [0.2, 0.25) is 0 Å². The fourth-order valence-electron chi connectivity index (χ4n) is 1.55. The fraction of sp³-hybridized carbons (Fsp3) is 1.00. The SMILES string of the molecule is CC1CC(CO)OC1[B]CN=[N+]=[N-]. The van der Waals surface area contributed by atoms with Crippen molar-refractivity contribution in [1.82, 2.24) is 0 Å². The summed E-state index contributed by atoms with van der Waals surface area (Å²) in [6.07, 6.45) is 1.17. The van der Waals surface area contributed by atoms with Gasteiger partial charge in [0.05, 0.1) is 12.7 Å². The van der Waals surface area contributed by atoms with Crippen molar-refractivity contribution >= 4 is 7.28 Å². The van der Waals surface area contributed by atoms with Crippen LogP contribution in [0.1, 0.15) is 13.3 Å². The van der Waals surface area contributed by atoms with Crippen LogP contribution in [0.3, 0.4) is 0 Å². The van der Waals surface area contributed by atoms with E-state index < -0.39 is 0 Å². The maximum Gasteiger partial charge on any atom is 0.156 e. The molecule has 5 nitrogen and oxygen atoms in total.